The number of halogens is 4. The highest BCUT2D eigenvalue weighted by atomic mass is 19.4. The molecule has 0 unspecified atom stereocenters. The van der Waals surface area contributed by atoms with Crippen molar-refractivity contribution in [3.05, 3.63) is 89.4 Å². The lowest BCUT2D eigenvalue weighted by Crippen LogP contribution is -2.18. The number of fused-ring (bicyclic) bond motifs is 1. The van der Waals surface area contributed by atoms with Gasteiger partial charge in [0.05, 0.1) is 11.1 Å². The van der Waals surface area contributed by atoms with Gasteiger partial charge in [0.2, 0.25) is 0 Å². The predicted octanol–water partition coefficient (Wildman–Crippen LogP) is 7.10. The third kappa shape index (κ3) is 5.78. The van der Waals surface area contributed by atoms with Gasteiger partial charge in [-0.05, 0) is 91.5 Å². The predicted molar refractivity (Wildman–Crippen MR) is 137 cm³/mol. The van der Waals surface area contributed by atoms with E-state index in [1.54, 1.807) is 6.07 Å². The number of rotatable bonds is 6. The average Bonchev–Trinajstić information content (AvgIpc) is 3.38. The summed E-state index contributed by atoms with van der Waals surface area (Å²) in [5.74, 6) is -1.74. The molecular weight excluding hydrogens is 498 g/mol. The minimum Gasteiger partial charge on any atom is -0.406 e. The molecule has 1 saturated heterocycles. The van der Waals surface area contributed by atoms with Crippen LogP contribution in [0, 0.1) is 12.7 Å². The molecule has 0 spiro atoms. The standard InChI is InChI=1S/C29H25F4N3O2/c1-18-26(11-7-22-14-19(16-34-27(18)22)17-36-12-2-3-13-36)35-28(37)24-10-6-21(15-25(24)30)20-4-8-23(9-5-20)38-29(31,32)33/h4-11,14-16H,2-3,12-13,17H2,1H3,(H,35,37). The van der Waals surface area contributed by atoms with Gasteiger partial charge in [-0.15, -0.1) is 13.2 Å². The van der Waals surface area contributed by atoms with Gasteiger partial charge in [-0.1, -0.05) is 24.3 Å². The molecule has 38 heavy (non-hydrogen) atoms. The number of hydrogen-bond donors (Lipinski definition) is 1. The summed E-state index contributed by atoms with van der Waals surface area (Å²) in [7, 11) is 0. The number of carbonyl (C=O) groups excluding carboxylic acids is 1. The number of alkyl halides is 3. The van der Waals surface area contributed by atoms with Crippen LogP contribution in [0.2, 0.25) is 0 Å². The van der Waals surface area contributed by atoms with E-state index < -0.39 is 18.1 Å². The van der Waals surface area contributed by atoms with Crippen molar-refractivity contribution in [2.24, 2.45) is 0 Å². The van der Waals surface area contributed by atoms with Crippen LogP contribution in [0.4, 0.5) is 23.2 Å². The van der Waals surface area contributed by atoms with Crippen molar-refractivity contribution >= 4 is 22.5 Å². The van der Waals surface area contributed by atoms with E-state index in [1.807, 2.05) is 19.2 Å². The molecule has 5 rings (SSSR count). The molecule has 1 fully saturated rings. The Bertz CT molecular complexity index is 1480. The minimum absolute atomic E-state index is 0.154. The second kappa shape index (κ2) is 10.4. The zero-order valence-electron chi connectivity index (χ0n) is 20.6. The summed E-state index contributed by atoms with van der Waals surface area (Å²) in [5.41, 5.74) is 3.95. The zero-order valence-corrected chi connectivity index (χ0v) is 20.6. The van der Waals surface area contributed by atoms with Gasteiger partial charge in [-0.2, -0.15) is 0 Å². The largest absolute Gasteiger partial charge is 0.573 e. The van der Waals surface area contributed by atoms with Crippen LogP contribution >= 0.6 is 0 Å². The lowest BCUT2D eigenvalue weighted by molar-refractivity contribution is -0.274. The zero-order chi connectivity index (χ0) is 26.9. The highest BCUT2D eigenvalue weighted by Gasteiger charge is 2.31. The Labute approximate surface area is 217 Å². The maximum atomic E-state index is 14.9. The van der Waals surface area contributed by atoms with E-state index in [4.69, 9.17) is 0 Å². The average molecular weight is 524 g/mol. The van der Waals surface area contributed by atoms with Gasteiger partial charge in [-0.3, -0.25) is 14.7 Å². The number of aromatic nitrogens is 1. The van der Waals surface area contributed by atoms with E-state index >= 15 is 0 Å². The Balaban J connectivity index is 1.30. The van der Waals surface area contributed by atoms with E-state index in [0.29, 0.717) is 16.8 Å². The number of nitrogens with one attached hydrogen (secondary N) is 1. The Morgan fingerprint density at radius 1 is 1.00 bits per heavy atom. The Morgan fingerprint density at radius 2 is 1.71 bits per heavy atom. The van der Waals surface area contributed by atoms with Crippen LogP contribution in [0.15, 0.2) is 66.9 Å². The number of amides is 1. The van der Waals surface area contributed by atoms with Crippen molar-refractivity contribution in [1.82, 2.24) is 9.88 Å². The molecule has 1 aromatic heterocycles. The summed E-state index contributed by atoms with van der Waals surface area (Å²) in [4.78, 5) is 19.9. The van der Waals surface area contributed by atoms with Gasteiger partial charge in [0.1, 0.15) is 11.6 Å². The van der Waals surface area contributed by atoms with Gasteiger partial charge in [0.25, 0.3) is 5.91 Å². The van der Waals surface area contributed by atoms with E-state index in [9.17, 15) is 22.4 Å². The number of pyridine rings is 1. The van der Waals surface area contributed by atoms with Crippen LogP contribution in [0.25, 0.3) is 22.0 Å². The van der Waals surface area contributed by atoms with Gasteiger partial charge in [0.15, 0.2) is 0 Å². The number of carbonyl (C=O) groups is 1. The third-order valence-electron chi connectivity index (χ3n) is 6.65. The van der Waals surface area contributed by atoms with Crippen molar-refractivity contribution in [2.45, 2.75) is 32.7 Å². The molecule has 4 aromatic rings. The van der Waals surface area contributed by atoms with Gasteiger partial charge < -0.3 is 10.1 Å². The lowest BCUT2D eigenvalue weighted by Gasteiger charge is -2.16. The fourth-order valence-electron chi connectivity index (χ4n) is 4.73. The monoisotopic (exact) mass is 523 g/mol. The topological polar surface area (TPSA) is 54.5 Å². The SMILES string of the molecule is Cc1c(NC(=O)c2ccc(-c3ccc(OC(F)(F)F)cc3)cc2F)ccc2cc(CN3CCCC3)cnc12. The summed E-state index contributed by atoms with van der Waals surface area (Å²) >= 11 is 0. The molecule has 2 heterocycles. The number of aryl methyl sites for hydroxylation is 1. The van der Waals surface area contributed by atoms with Crippen molar-refractivity contribution in [3.8, 4) is 16.9 Å². The van der Waals surface area contributed by atoms with Crippen molar-refractivity contribution in [1.29, 1.82) is 0 Å². The lowest BCUT2D eigenvalue weighted by atomic mass is 10.0. The number of anilines is 1. The molecule has 196 valence electrons. The van der Waals surface area contributed by atoms with Crippen molar-refractivity contribution in [2.75, 3.05) is 18.4 Å². The second-order valence-corrected chi connectivity index (χ2v) is 9.36. The Kier molecular flexibility index (Phi) is 7.03. The number of nitrogens with zero attached hydrogens (tertiary/aromatic N) is 2. The quantitative estimate of drug-likeness (QED) is 0.274. The molecule has 1 aliphatic rings. The molecule has 1 N–H and O–H groups in total. The molecule has 0 saturated carbocycles. The summed E-state index contributed by atoms with van der Waals surface area (Å²) in [6.45, 7) is 4.92. The highest BCUT2D eigenvalue weighted by Crippen LogP contribution is 2.29. The van der Waals surface area contributed by atoms with E-state index in [1.165, 1.54) is 43.2 Å². The van der Waals surface area contributed by atoms with E-state index in [0.717, 1.165) is 53.8 Å². The van der Waals surface area contributed by atoms with Crippen molar-refractivity contribution in [3.63, 3.8) is 0 Å². The van der Waals surface area contributed by atoms with Crippen LogP contribution in [-0.2, 0) is 6.54 Å². The maximum Gasteiger partial charge on any atom is 0.573 e. The maximum absolute atomic E-state index is 14.9. The van der Waals surface area contributed by atoms with Gasteiger partial charge >= 0.3 is 6.36 Å². The third-order valence-corrected chi connectivity index (χ3v) is 6.65. The van der Waals surface area contributed by atoms with Crippen LogP contribution < -0.4 is 10.1 Å². The molecule has 0 radical (unpaired) electrons. The molecule has 1 aliphatic heterocycles. The second-order valence-electron chi connectivity index (χ2n) is 9.36. The summed E-state index contributed by atoms with van der Waals surface area (Å²) in [6, 6.07) is 14.9. The number of ether oxygens (including phenoxy) is 1. The first kappa shape index (κ1) is 25.7. The summed E-state index contributed by atoms with van der Waals surface area (Å²) in [5, 5.41) is 3.74. The van der Waals surface area contributed by atoms with Crippen LogP contribution in [0.1, 0.15) is 34.3 Å². The normalized spacial score (nSPS) is 14.1. The van der Waals surface area contributed by atoms with E-state index in [2.05, 4.69) is 26.0 Å². The smallest absolute Gasteiger partial charge is 0.406 e. The van der Waals surface area contributed by atoms with Gasteiger partial charge in [-0.25, -0.2) is 4.39 Å². The summed E-state index contributed by atoms with van der Waals surface area (Å²) < 4.78 is 55.9. The minimum atomic E-state index is -4.79. The van der Waals surface area contributed by atoms with Gasteiger partial charge in [0, 0.05) is 23.8 Å². The van der Waals surface area contributed by atoms with Crippen molar-refractivity contribution < 1.29 is 27.1 Å². The van der Waals surface area contributed by atoms with E-state index in [-0.39, 0.29) is 11.3 Å². The number of benzene rings is 3. The summed E-state index contributed by atoms with van der Waals surface area (Å²) in [6.07, 6.45) is -0.488. The molecular formula is C29H25F4N3O2. The fraction of sp³-hybridized carbons (Fsp3) is 0.241. The Hall–Kier alpha value is -3.98. The van der Waals surface area contributed by atoms with Crippen LogP contribution in [-0.4, -0.2) is 35.2 Å². The number of likely N-dealkylation sites (tertiary alicyclic amines) is 1. The molecule has 5 nitrogen and oxygen atoms in total. The Morgan fingerprint density at radius 3 is 2.39 bits per heavy atom. The molecule has 9 heteroatoms. The van der Waals surface area contributed by atoms with Crippen LogP contribution in [0.3, 0.4) is 0 Å². The fourth-order valence-corrected chi connectivity index (χ4v) is 4.73. The van der Waals surface area contributed by atoms with Crippen LogP contribution in [0.5, 0.6) is 5.75 Å². The first-order chi connectivity index (χ1) is 18.2. The first-order valence-corrected chi connectivity index (χ1v) is 12.2. The molecule has 0 aliphatic carbocycles. The molecule has 0 bridgehead atoms. The molecule has 3 aromatic carbocycles. The number of hydrogen-bond acceptors (Lipinski definition) is 4. The molecule has 1 amide bonds. The first-order valence-electron chi connectivity index (χ1n) is 12.2. The molecule has 0 atom stereocenters. The highest BCUT2D eigenvalue weighted by molar-refractivity contribution is 6.06.